The number of hydrogen-bond acceptors (Lipinski definition) is 2. The van der Waals surface area contributed by atoms with Crippen molar-refractivity contribution in [2.45, 2.75) is 38.0 Å². The smallest absolute Gasteiger partial charge is 0.293 e. The summed E-state index contributed by atoms with van der Waals surface area (Å²) in [5, 5.41) is 0. The first-order valence-electron chi connectivity index (χ1n) is 6.41. The van der Waals surface area contributed by atoms with Crippen molar-refractivity contribution >= 4 is 6.47 Å². The van der Waals surface area contributed by atoms with Crippen molar-refractivity contribution in [3.63, 3.8) is 0 Å². The van der Waals surface area contributed by atoms with Crippen LogP contribution in [0.25, 0.3) is 0 Å². The molecule has 17 heavy (non-hydrogen) atoms. The first kappa shape index (κ1) is 12.2. The minimum atomic E-state index is 0.547. The fourth-order valence-electron chi connectivity index (χ4n) is 2.73. The lowest BCUT2D eigenvalue weighted by atomic mass is 9.78. The SMILES string of the molecule is O=COCCC1CCC(c2c[c]ccc2)CC1. The van der Waals surface area contributed by atoms with Crippen molar-refractivity contribution in [1.29, 1.82) is 0 Å². The molecule has 1 saturated carbocycles. The van der Waals surface area contributed by atoms with Gasteiger partial charge in [-0.15, -0.1) is 0 Å². The van der Waals surface area contributed by atoms with E-state index in [-0.39, 0.29) is 0 Å². The maximum absolute atomic E-state index is 10.1. The van der Waals surface area contributed by atoms with Crippen molar-refractivity contribution in [1.82, 2.24) is 0 Å². The fourth-order valence-corrected chi connectivity index (χ4v) is 2.73. The molecule has 0 spiro atoms. The molecular formula is C15H19O2. The van der Waals surface area contributed by atoms with Crippen LogP contribution in [-0.4, -0.2) is 13.1 Å². The van der Waals surface area contributed by atoms with E-state index in [0.717, 1.165) is 12.3 Å². The van der Waals surface area contributed by atoms with Gasteiger partial charge in [-0.1, -0.05) is 24.3 Å². The van der Waals surface area contributed by atoms with Gasteiger partial charge in [0.2, 0.25) is 0 Å². The number of carbonyl (C=O) groups excluding carboxylic acids is 1. The Kier molecular flexibility index (Phi) is 4.60. The van der Waals surface area contributed by atoms with E-state index < -0.39 is 0 Å². The molecule has 1 aromatic carbocycles. The van der Waals surface area contributed by atoms with E-state index in [4.69, 9.17) is 4.74 Å². The maximum atomic E-state index is 10.1. The van der Waals surface area contributed by atoms with Gasteiger partial charge < -0.3 is 4.74 Å². The van der Waals surface area contributed by atoms with Crippen molar-refractivity contribution < 1.29 is 9.53 Å². The lowest BCUT2D eigenvalue weighted by Crippen LogP contribution is -2.15. The molecule has 91 valence electrons. The molecule has 1 fully saturated rings. The van der Waals surface area contributed by atoms with Crippen LogP contribution in [0.5, 0.6) is 0 Å². The van der Waals surface area contributed by atoms with Crippen molar-refractivity contribution in [3.8, 4) is 0 Å². The summed E-state index contributed by atoms with van der Waals surface area (Å²) in [4.78, 5) is 10.1. The second kappa shape index (κ2) is 6.43. The lowest BCUT2D eigenvalue weighted by Gasteiger charge is -2.28. The Morgan fingerprint density at radius 3 is 2.82 bits per heavy atom. The molecule has 0 saturated heterocycles. The molecule has 0 amide bonds. The summed E-state index contributed by atoms with van der Waals surface area (Å²) in [6, 6.07) is 11.5. The molecule has 0 unspecified atom stereocenters. The van der Waals surface area contributed by atoms with Crippen LogP contribution in [0, 0.1) is 12.0 Å². The normalized spacial score (nSPS) is 24.2. The van der Waals surface area contributed by atoms with Gasteiger partial charge in [-0.2, -0.15) is 0 Å². The Balaban J connectivity index is 1.76. The third-order valence-corrected chi connectivity index (χ3v) is 3.76. The zero-order chi connectivity index (χ0) is 11.9. The fraction of sp³-hybridized carbons (Fsp3) is 0.533. The maximum Gasteiger partial charge on any atom is 0.293 e. The quantitative estimate of drug-likeness (QED) is 0.574. The highest BCUT2D eigenvalue weighted by atomic mass is 16.5. The van der Waals surface area contributed by atoms with E-state index in [0.29, 0.717) is 19.0 Å². The largest absolute Gasteiger partial charge is 0.468 e. The lowest BCUT2D eigenvalue weighted by molar-refractivity contribution is -0.129. The van der Waals surface area contributed by atoms with Gasteiger partial charge in [0.1, 0.15) is 0 Å². The van der Waals surface area contributed by atoms with Gasteiger partial charge in [0.05, 0.1) is 6.61 Å². The van der Waals surface area contributed by atoms with Gasteiger partial charge >= 0.3 is 0 Å². The average Bonchev–Trinajstić information content (AvgIpc) is 2.41. The Morgan fingerprint density at radius 2 is 2.18 bits per heavy atom. The first-order chi connectivity index (χ1) is 8.40. The van der Waals surface area contributed by atoms with E-state index in [2.05, 4.69) is 24.3 Å². The molecule has 1 radical (unpaired) electrons. The number of benzene rings is 1. The molecule has 2 heteroatoms. The topological polar surface area (TPSA) is 26.3 Å². The number of ether oxygens (including phenoxy) is 1. The molecule has 0 aromatic heterocycles. The zero-order valence-corrected chi connectivity index (χ0v) is 10.1. The summed E-state index contributed by atoms with van der Waals surface area (Å²) in [5.41, 5.74) is 1.43. The van der Waals surface area contributed by atoms with Crippen LogP contribution in [0.2, 0.25) is 0 Å². The number of carbonyl (C=O) groups is 1. The molecule has 1 aromatic rings. The van der Waals surface area contributed by atoms with E-state index in [1.807, 2.05) is 6.07 Å². The molecule has 0 bridgehead atoms. The van der Waals surface area contributed by atoms with E-state index in [1.165, 1.54) is 31.2 Å². The van der Waals surface area contributed by atoms with Gasteiger partial charge in [-0.05, 0) is 55.6 Å². The van der Waals surface area contributed by atoms with Crippen LogP contribution < -0.4 is 0 Å². The third-order valence-electron chi connectivity index (χ3n) is 3.76. The van der Waals surface area contributed by atoms with Crippen LogP contribution in [-0.2, 0) is 9.53 Å². The average molecular weight is 231 g/mol. The van der Waals surface area contributed by atoms with Crippen LogP contribution in [0.15, 0.2) is 24.3 Å². The molecule has 1 aliphatic rings. The minimum Gasteiger partial charge on any atom is -0.468 e. The van der Waals surface area contributed by atoms with Crippen LogP contribution in [0.1, 0.15) is 43.6 Å². The monoisotopic (exact) mass is 231 g/mol. The van der Waals surface area contributed by atoms with Gasteiger partial charge in [0.25, 0.3) is 6.47 Å². The predicted octanol–water partition coefficient (Wildman–Crippen LogP) is 3.32. The standard InChI is InChI=1S/C15H19O2/c16-12-17-11-10-13-6-8-15(9-7-13)14-4-2-1-3-5-14/h1-2,4-5,12-13,15H,6-11H2. The summed E-state index contributed by atoms with van der Waals surface area (Å²) in [6.45, 7) is 1.13. The minimum absolute atomic E-state index is 0.547. The van der Waals surface area contributed by atoms with Gasteiger partial charge in [0, 0.05) is 0 Å². The molecule has 0 aliphatic heterocycles. The molecule has 2 rings (SSSR count). The Morgan fingerprint density at radius 1 is 1.35 bits per heavy atom. The second-order valence-corrected chi connectivity index (χ2v) is 4.81. The second-order valence-electron chi connectivity index (χ2n) is 4.81. The highest BCUT2D eigenvalue weighted by molar-refractivity contribution is 5.36. The van der Waals surface area contributed by atoms with E-state index in [1.54, 1.807) is 0 Å². The first-order valence-corrected chi connectivity index (χ1v) is 6.41. The third kappa shape index (κ3) is 3.58. The summed E-state index contributed by atoms with van der Waals surface area (Å²) < 4.78 is 4.76. The van der Waals surface area contributed by atoms with Crippen LogP contribution in [0.4, 0.5) is 0 Å². The summed E-state index contributed by atoms with van der Waals surface area (Å²) in [6.07, 6.45) is 6.03. The summed E-state index contributed by atoms with van der Waals surface area (Å²) in [7, 11) is 0. The van der Waals surface area contributed by atoms with E-state index in [9.17, 15) is 4.79 Å². The predicted molar refractivity (Wildman–Crippen MR) is 66.6 cm³/mol. The molecular weight excluding hydrogens is 212 g/mol. The zero-order valence-electron chi connectivity index (χ0n) is 10.1. The molecule has 1 aliphatic carbocycles. The van der Waals surface area contributed by atoms with Crippen LogP contribution >= 0.6 is 0 Å². The summed E-state index contributed by atoms with van der Waals surface area (Å²) >= 11 is 0. The van der Waals surface area contributed by atoms with Gasteiger partial charge in [0.15, 0.2) is 0 Å². The van der Waals surface area contributed by atoms with Crippen molar-refractivity contribution in [2.75, 3.05) is 6.61 Å². The highest BCUT2D eigenvalue weighted by Gasteiger charge is 2.21. The number of rotatable bonds is 5. The van der Waals surface area contributed by atoms with Crippen LogP contribution in [0.3, 0.4) is 0 Å². The molecule has 0 heterocycles. The van der Waals surface area contributed by atoms with Crippen molar-refractivity contribution in [3.05, 3.63) is 35.9 Å². The van der Waals surface area contributed by atoms with E-state index >= 15 is 0 Å². The molecule has 0 atom stereocenters. The van der Waals surface area contributed by atoms with Gasteiger partial charge in [-0.3, -0.25) is 4.79 Å². The molecule has 0 N–H and O–H groups in total. The Bertz CT molecular complexity index is 326. The Hall–Kier alpha value is -1.31. The van der Waals surface area contributed by atoms with Gasteiger partial charge in [-0.25, -0.2) is 0 Å². The summed E-state index contributed by atoms with van der Waals surface area (Å²) in [5.74, 6) is 1.44. The highest BCUT2D eigenvalue weighted by Crippen LogP contribution is 2.36. The van der Waals surface area contributed by atoms with Crippen molar-refractivity contribution in [2.24, 2.45) is 5.92 Å². The Labute approximate surface area is 103 Å². The molecule has 2 nitrogen and oxygen atoms in total. The number of hydrogen-bond donors (Lipinski definition) is 0.